The van der Waals surface area contributed by atoms with E-state index < -0.39 is 0 Å². The molecule has 0 fully saturated rings. The molecule has 9 heteroatoms. The van der Waals surface area contributed by atoms with Crippen LogP contribution in [0.25, 0.3) is 5.69 Å². The van der Waals surface area contributed by atoms with Gasteiger partial charge in [0.1, 0.15) is 0 Å². The molecule has 120 valence electrons. The molecule has 0 atom stereocenters. The van der Waals surface area contributed by atoms with Crippen LogP contribution in [-0.2, 0) is 20.6 Å². The lowest BCUT2D eigenvalue weighted by molar-refractivity contribution is 0.565. The normalized spacial score (nSPS) is 10.9. The molecule has 0 aliphatic heterocycles. The van der Waals surface area contributed by atoms with Crippen LogP contribution >= 0.6 is 22.9 Å². The highest BCUT2D eigenvalue weighted by Gasteiger charge is 2.11. The second-order valence-corrected chi connectivity index (χ2v) is 6.63. The molecule has 0 bridgehead atoms. The lowest BCUT2D eigenvalue weighted by atomic mass is 10.2. The van der Waals surface area contributed by atoms with Crippen LogP contribution in [0.4, 0.5) is 5.69 Å². The number of hydrogen-bond acceptors (Lipinski definition) is 5. The van der Waals surface area contributed by atoms with Crippen molar-refractivity contribution in [2.24, 2.45) is 14.1 Å². The Morgan fingerprint density at radius 1 is 1.13 bits per heavy atom. The van der Waals surface area contributed by atoms with Gasteiger partial charge in [0.25, 0.3) is 0 Å². The first-order valence-electron chi connectivity index (χ1n) is 6.77. The Labute approximate surface area is 140 Å². The van der Waals surface area contributed by atoms with Gasteiger partial charge < -0.3 is 5.32 Å². The zero-order valence-electron chi connectivity index (χ0n) is 12.5. The molecular weight excluding hydrogens is 338 g/mol. The third-order valence-electron chi connectivity index (χ3n) is 3.50. The predicted molar refractivity (Wildman–Crippen MR) is 90.7 cm³/mol. The quantitative estimate of drug-likeness (QED) is 0.774. The minimum atomic E-state index is -0.377. The Morgan fingerprint density at radius 3 is 2.26 bits per heavy atom. The highest BCUT2D eigenvalue weighted by Crippen LogP contribution is 2.19. The fourth-order valence-electron chi connectivity index (χ4n) is 2.13. The lowest BCUT2D eigenvalue weighted by Gasteiger charge is -2.05. The maximum absolute atomic E-state index is 12.1. The number of aromatic nitrogens is 4. The zero-order chi connectivity index (χ0) is 16.6. The van der Waals surface area contributed by atoms with Crippen LogP contribution in [0.1, 0.15) is 4.88 Å². The molecule has 0 spiro atoms. The third kappa shape index (κ3) is 2.95. The van der Waals surface area contributed by atoms with E-state index in [-0.39, 0.29) is 11.4 Å². The van der Waals surface area contributed by atoms with E-state index in [0.29, 0.717) is 16.7 Å². The van der Waals surface area contributed by atoms with Crippen molar-refractivity contribution in [2.45, 2.75) is 6.54 Å². The SMILES string of the molecule is Cn1c(=O)n(-c2ccc(NCc3cnc(Cl)s3)cc2)c(=O)n1C. The molecule has 3 aromatic rings. The Balaban J connectivity index is 1.81. The van der Waals surface area contributed by atoms with Gasteiger partial charge in [-0.25, -0.2) is 28.5 Å². The second-order valence-electron chi connectivity index (χ2n) is 4.93. The fraction of sp³-hybridized carbons (Fsp3) is 0.214. The van der Waals surface area contributed by atoms with Crippen molar-refractivity contribution in [1.29, 1.82) is 0 Å². The van der Waals surface area contributed by atoms with Gasteiger partial charge in [0.15, 0.2) is 4.47 Å². The molecule has 1 aromatic carbocycles. The average Bonchev–Trinajstić information content (AvgIpc) is 3.04. The summed E-state index contributed by atoms with van der Waals surface area (Å²) in [6.07, 6.45) is 1.72. The standard InChI is InChI=1S/C14H14ClN5O2S/c1-18-13(21)20(14(22)19(18)2)10-5-3-9(4-6-10)16-7-11-8-17-12(15)23-11/h3-6,8,16H,7H2,1-2H3. The van der Waals surface area contributed by atoms with E-state index in [2.05, 4.69) is 10.3 Å². The van der Waals surface area contributed by atoms with Crippen molar-refractivity contribution in [2.75, 3.05) is 5.32 Å². The summed E-state index contributed by atoms with van der Waals surface area (Å²) in [5.74, 6) is 0. The van der Waals surface area contributed by atoms with Gasteiger partial charge in [0.2, 0.25) is 0 Å². The van der Waals surface area contributed by atoms with Crippen molar-refractivity contribution >= 4 is 28.6 Å². The van der Waals surface area contributed by atoms with Gasteiger partial charge in [-0.15, -0.1) is 11.3 Å². The number of rotatable bonds is 4. The first-order valence-corrected chi connectivity index (χ1v) is 7.96. The van der Waals surface area contributed by atoms with Gasteiger partial charge in [-0.05, 0) is 24.3 Å². The number of halogens is 1. The molecule has 0 aliphatic carbocycles. The highest BCUT2D eigenvalue weighted by atomic mass is 35.5. The molecule has 2 aromatic heterocycles. The van der Waals surface area contributed by atoms with E-state index in [1.165, 1.54) is 20.7 Å². The van der Waals surface area contributed by atoms with E-state index in [1.807, 2.05) is 12.1 Å². The lowest BCUT2D eigenvalue weighted by Crippen LogP contribution is -2.26. The van der Waals surface area contributed by atoms with Crippen molar-refractivity contribution in [3.8, 4) is 5.69 Å². The highest BCUT2D eigenvalue weighted by molar-refractivity contribution is 7.15. The number of nitrogens with zero attached hydrogens (tertiary/aromatic N) is 4. The number of thiazole rings is 1. The van der Waals surface area contributed by atoms with E-state index in [0.717, 1.165) is 15.1 Å². The molecule has 0 saturated carbocycles. The molecular formula is C14H14ClN5O2S. The van der Waals surface area contributed by atoms with Gasteiger partial charge in [0, 0.05) is 30.9 Å². The second kappa shape index (κ2) is 6.05. The summed E-state index contributed by atoms with van der Waals surface area (Å²) in [6.45, 7) is 0.608. The number of nitrogens with one attached hydrogen (secondary N) is 1. The molecule has 7 nitrogen and oxygen atoms in total. The summed E-state index contributed by atoms with van der Waals surface area (Å²) in [4.78, 5) is 29.2. The van der Waals surface area contributed by atoms with Crippen LogP contribution in [0.2, 0.25) is 4.47 Å². The van der Waals surface area contributed by atoms with Crippen LogP contribution in [0, 0.1) is 0 Å². The van der Waals surface area contributed by atoms with Crippen molar-refractivity contribution < 1.29 is 0 Å². The average molecular weight is 352 g/mol. The van der Waals surface area contributed by atoms with Crippen LogP contribution < -0.4 is 16.7 Å². The van der Waals surface area contributed by atoms with Crippen molar-refractivity contribution in [1.82, 2.24) is 18.9 Å². The van der Waals surface area contributed by atoms with E-state index in [4.69, 9.17) is 11.6 Å². The largest absolute Gasteiger partial charge is 0.380 e. The maximum atomic E-state index is 12.1. The Kier molecular flexibility index (Phi) is 4.10. The van der Waals surface area contributed by atoms with Gasteiger partial charge in [0.05, 0.1) is 12.2 Å². The Hall–Kier alpha value is -2.32. The summed E-state index contributed by atoms with van der Waals surface area (Å²) in [6, 6.07) is 7.09. The molecule has 23 heavy (non-hydrogen) atoms. The molecule has 0 unspecified atom stereocenters. The summed E-state index contributed by atoms with van der Waals surface area (Å²) in [5, 5.41) is 3.23. The number of hydrogen-bond donors (Lipinski definition) is 1. The fourth-order valence-corrected chi connectivity index (χ4v) is 3.05. The first kappa shape index (κ1) is 15.6. The van der Waals surface area contributed by atoms with Crippen LogP contribution in [0.5, 0.6) is 0 Å². The van der Waals surface area contributed by atoms with Crippen LogP contribution in [0.3, 0.4) is 0 Å². The maximum Gasteiger partial charge on any atom is 0.351 e. The number of anilines is 1. The Morgan fingerprint density at radius 2 is 1.74 bits per heavy atom. The molecule has 0 amide bonds. The van der Waals surface area contributed by atoms with E-state index in [1.54, 1.807) is 32.4 Å². The van der Waals surface area contributed by atoms with E-state index >= 15 is 0 Å². The topological polar surface area (TPSA) is 73.8 Å². The summed E-state index contributed by atoms with van der Waals surface area (Å²) in [5.41, 5.74) is 0.650. The monoisotopic (exact) mass is 351 g/mol. The molecule has 0 saturated heterocycles. The molecule has 2 heterocycles. The zero-order valence-corrected chi connectivity index (χ0v) is 14.1. The van der Waals surface area contributed by atoms with Gasteiger partial charge >= 0.3 is 11.4 Å². The van der Waals surface area contributed by atoms with Crippen LogP contribution in [-0.4, -0.2) is 18.9 Å². The van der Waals surface area contributed by atoms with Crippen LogP contribution in [0.15, 0.2) is 40.1 Å². The molecule has 3 rings (SSSR count). The van der Waals surface area contributed by atoms with Gasteiger partial charge in [-0.3, -0.25) is 0 Å². The van der Waals surface area contributed by atoms with E-state index in [9.17, 15) is 9.59 Å². The molecule has 0 aliphatic rings. The summed E-state index contributed by atoms with van der Waals surface area (Å²) >= 11 is 7.20. The summed E-state index contributed by atoms with van der Waals surface area (Å²) in [7, 11) is 3.10. The van der Waals surface area contributed by atoms with Gasteiger partial charge in [-0.2, -0.15) is 0 Å². The molecule has 1 N–H and O–H groups in total. The smallest absolute Gasteiger partial charge is 0.351 e. The predicted octanol–water partition coefficient (Wildman–Crippen LogP) is 1.60. The Bertz CT molecular complexity index is 917. The number of benzene rings is 1. The first-order chi connectivity index (χ1) is 11.0. The van der Waals surface area contributed by atoms with Gasteiger partial charge in [-0.1, -0.05) is 11.6 Å². The van der Waals surface area contributed by atoms with Crippen molar-refractivity contribution in [3.63, 3.8) is 0 Å². The molecule has 0 radical (unpaired) electrons. The summed E-state index contributed by atoms with van der Waals surface area (Å²) < 4.78 is 4.17. The minimum absolute atomic E-state index is 0.377. The third-order valence-corrected chi connectivity index (χ3v) is 4.62. The van der Waals surface area contributed by atoms with Crippen molar-refractivity contribution in [3.05, 3.63) is 60.8 Å². The minimum Gasteiger partial charge on any atom is -0.380 e.